The van der Waals surface area contributed by atoms with Crippen molar-refractivity contribution in [3.8, 4) is 22.3 Å². The molecule has 0 atom stereocenters. The minimum absolute atomic E-state index is 0.0611. The molecule has 0 bridgehead atoms. The van der Waals surface area contributed by atoms with Gasteiger partial charge < -0.3 is 9.47 Å². The van der Waals surface area contributed by atoms with Gasteiger partial charge in [-0.1, -0.05) is 136 Å². The third kappa shape index (κ3) is 5.61. The maximum absolute atomic E-state index is 2.49. The van der Waals surface area contributed by atoms with Crippen LogP contribution in [0.25, 0.3) is 60.5 Å². The summed E-state index contributed by atoms with van der Waals surface area (Å²) < 4.78 is 2.49. The van der Waals surface area contributed by atoms with Crippen molar-refractivity contribution in [2.45, 2.75) is 39.0 Å². The van der Waals surface area contributed by atoms with Crippen LogP contribution in [-0.2, 0) is 5.41 Å². The van der Waals surface area contributed by atoms with Crippen LogP contribution in [0, 0.1) is 0 Å². The van der Waals surface area contributed by atoms with E-state index in [1.54, 1.807) is 0 Å². The molecule has 8 aromatic rings. The third-order valence-corrected chi connectivity index (χ3v) is 10.6. The average Bonchev–Trinajstić information content (AvgIpc) is 3.52. The minimum atomic E-state index is 0.0611. The lowest BCUT2D eigenvalue weighted by Gasteiger charge is -2.27. The van der Waals surface area contributed by atoms with Crippen molar-refractivity contribution in [3.63, 3.8) is 0 Å². The first-order valence-corrected chi connectivity index (χ1v) is 18.4. The van der Waals surface area contributed by atoms with Gasteiger partial charge in [0.2, 0.25) is 0 Å². The molecule has 52 heavy (non-hydrogen) atoms. The van der Waals surface area contributed by atoms with Crippen molar-refractivity contribution in [2.75, 3.05) is 4.90 Å². The van der Waals surface area contributed by atoms with Gasteiger partial charge in [0.15, 0.2) is 0 Å². The van der Waals surface area contributed by atoms with Crippen LogP contribution in [0.2, 0.25) is 0 Å². The zero-order chi connectivity index (χ0) is 35.2. The van der Waals surface area contributed by atoms with Crippen molar-refractivity contribution >= 4 is 55.3 Å². The number of anilines is 3. The lowest BCUT2D eigenvalue weighted by molar-refractivity contribution is 0.591. The van der Waals surface area contributed by atoms with Crippen molar-refractivity contribution in [1.29, 1.82) is 0 Å². The van der Waals surface area contributed by atoms with Crippen molar-refractivity contribution < 1.29 is 0 Å². The second-order valence-corrected chi connectivity index (χ2v) is 14.9. The molecule has 0 spiro atoms. The largest absolute Gasteiger partial charge is 0.313 e. The molecule has 0 fully saturated rings. The van der Waals surface area contributed by atoms with Gasteiger partial charge in [-0.2, -0.15) is 0 Å². The lowest BCUT2D eigenvalue weighted by Crippen LogP contribution is -2.10. The second-order valence-electron chi connectivity index (χ2n) is 14.9. The van der Waals surface area contributed by atoms with Crippen LogP contribution in [0.3, 0.4) is 0 Å². The van der Waals surface area contributed by atoms with Gasteiger partial charge in [0, 0.05) is 33.2 Å². The highest BCUT2D eigenvalue weighted by Crippen LogP contribution is 2.44. The van der Waals surface area contributed by atoms with Crippen LogP contribution in [0.4, 0.5) is 17.1 Å². The average molecular weight is 671 g/mol. The first-order chi connectivity index (χ1) is 25.4. The van der Waals surface area contributed by atoms with Crippen LogP contribution < -0.4 is 4.90 Å². The maximum Gasteiger partial charge on any atom is 0.0540 e. The van der Waals surface area contributed by atoms with Gasteiger partial charge in [-0.25, -0.2) is 0 Å². The molecule has 1 heterocycles. The van der Waals surface area contributed by atoms with Crippen LogP contribution in [-0.4, -0.2) is 4.57 Å². The van der Waals surface area contributed by atoms with Crippen LogP contribution in [0.15, 0.2) is 176 Å². The number of hydrogen-bond donors (Lipinski definition) is 0. The fourth-order valence-corrected chi connectivity index (χ4v) is 7.91. The summed E-state index contributed by atoms with van der Waals surface area (Å²) in [5, 5.41) is 5.06. The summed E-state index contributed by atoms with van der Waals surface area (Å²) >= 11 is 0. The normalized spacial score (nSPS) is 13.2. The Labute approximate surface area is 306 Å². The Balaban J connectivity index is 1.21. The molecule has 0 N–H and O–H groups in total. The Morgan fingerprint density at radius 1 is 0.519 bits per heavy atom. The summed E-state index contributed by atoms with van der Waals surface area (Å²) in [7, 11) is 0. The molecule has 9 rings (SSSR count). The molecule has 0 aliphatic heterocycles. The summed E-state index contributed by atoms with van der Waals surface area (Å²) in [6.45, 7) is 6.91. The van der Waals surface area contributed by atoms with Gasteiger partial charge in [-0.05, 0) is 112 Å². The minimum Gasteiger partial charge on any atom is -0.313 e. The van der Waals surface area contributed by atoms with Gasteiger partial charge in [0.25, 0.3) is 0 Å². The highest BCUT2D eigenvalue weighted by molar-refractivity contribution is 6.13. The van der Waals surface area contributed by atoms with E-state index in [9.17, 15) is 0 Å². The number of fused-ring (bicyclic) bond motifs is 4. The number of para-hydroxylation sites is 1. The monoisotopic (exact) mass is 670 g/mol. The van der Waals surface area contributed by atoms with E-state index >= 15 is 0 Å². The van der Waals surface area contributed by atoms with E-state index < -0.39 is 0 Å². The van der Waals surface area contributed by atoms with E-state index in [1.165, 1.54) is 66.1 Å². The Morgan fingerprint density at radius 2 is 1.13 bits per heavy atom. The van der Waals surface area contributed by atoms with E-state index in [0.717, 1.165) is 29.9 Å². The number of hydrogen-bond acceptors (Lipinski definition) is 1. The molecule has 0 unspecified atom stereocenters. The first kappa shape index (κ1) is 31.8. The van der Waals surface area contributed by atoms with Crippen molar-refractivity contribution in [2.24, 2.45) is 0 Å². The molecule has 0 saturated carbocycles. The van der Waals surface area contributed by atoms with Crippen LogP contribution in [0.1, 0.15) is 39.2 Å². The van der Waals surface area contributed by atoms with E-state index in [1.807, 2.05) is 0 Å². The van der Waals surface area contributed by atoms with Gasteiger partial charge >= 0.3 is 0 Å². The Hall–Kier alpha value is -6.12. The van der Waals surface area contributed by atoms with E-state index in [-0.39, 0.29) is 5.41 Å². The predicted molar refractivity (Wildman–Crippen MR) is 224 cm³/mol. The van der Waals surface area contributed by atoms with Gasteiger partial charge in [0.05, 0.1) is 16.7 Å². The summed E-state index contributed by atoms with van der Waals surface area (Å²) in [5.74, 6) is 0. The van der Waals surface area contributed by atoms with Crippen LogP contribution in [0.5, 0.6) is 0 Å². The number of allylic oxidation sites excluding steroid dienone is 4. The van der Waals surface area contributed by atoms with Gasteiger partial charge in [0.1, 0.15) is 0 Å². The highest BCUT2D eigenvalue weighted by atomic mass is 15.1. The fourth-order valence-electron chi connectivity index (χ4n) is 7.91. The SMILES string of the molecule is CC(C)(C)c1ccc2c(c1)c1cc(-c3ccc(N(c4ccccc4)c4ccc(-c5ccccc5)cc4)c4ccccc34)ccc1n2C1=CC=CCC1. The number of aromatic nitrogens is 1. The first-order valence-electron chi connectivity index (χ1n) is 18.4. The molecule has 1 aliphatic carbocycles. The summed E-state index contributed by atoms with van der Waals surface area (Å²) in [4.78, 5) is 2.39. The standard InChI is InChI=1S/C50H42N2/c1-50(2,3)38-26-31-49-46(34-38)45-33-37(25-30-48(45)52(49)40-19-11-6-12-20-40)42-29-32-47(44-22-14-13-21-43(42)44)51(39-17-9-5-10-18-39)41-27-23-36(24-28-41)35-15-7-4-8-16-35/h4-11,13-19,21-34H,12,20H2,1-3H3. The molecule has 252 valence electrons. The number of nitrogens with zero attached hydrogens (tertiary/aromatic N) is 2. The molecule has 0 amide bonds. The van der Waals surface area contributed by atoms with Crippen LogP contribution >= 0.6 is 0 Å². The van der Waals surface area contributed by atoms with E-state index in [4.69, 9.17) is 0 Å². The molecule has 0 saturated heterocycles. The molecule has 2 nitrogen and oxygen atoms in total. The quantitative estimate of drug-likeness (QED) is 0.171. The Morgan fingerprint density at radius 3 is 1.85 bits per heavy atom. The fraction of sp³-hybridized carbons (Fsp3) is 0.120. The second kappa shape index (κ2) is 12.9. The van der Waals surface area contributed by atoms with E-state index in [0.29, 0.717) is 0 Å². The zero-order valence-corrected chi connectivity index (χ0v) is 30.1. The lowest BCUT2D eigenvalue weighted by atomic mass is 9.86. The third-order valence-electron chi connectivity index (χ3n) is 10.6. The molecular weight excluding hydrogens is 629 g/mol. The molecule has 2 heteroatoms. The van der Waals surface area contributed by atoms with Crippen molar-refractivity contribution in [1.82, 2.24) is 4.57 Å². The number of benzene rings is 7. The predicted octanol–water partition coefficient (Wildman–Crippen LogP) is 14.2. The number of rotatable bonds is 6. The topological polar surface area (TPSA) is 8.17 Å². The van der Waals surface area contributed by atoms with E-state index in [2.05, 4.69) is 206 Å². The molecular formula is C50H42N2. The smallest absolute Gasteiger partial charge is 0.0540 e. The summed E-state index contributed by atoms with van der Waals surface area (Å²) in [5.41, 5.74) is 13.6. The summed E-state index contributed by atoms with van der Waals surface area (Å²) in [6.07, 6.45) is 8.87. The Bertz CT molecular complexity index is 2630. The highest BCUT2D eigenvalue weighted by Gasteiger charge is 2.21. The molecule has 7 aromatic carbocycles. The molecule has 1 aromatic heterocycles. The van der Waals surface area contributed by atoms with Gasteiger partial charge in [-0.15, -0.1) is 0 Å². The molecule has 0 radical (unpaired) electrons. The maximum atomic E-state index is 2.49. The Kier molecular flexibility index (Phi) is 7.89. The van der Waals surface area contributed by atoms with Crippen molar-refractivity contribution in [3.05, 3.63) is 182 Å². The molecule has 1 aliphatic rings. The van der Waals surface area contributed by atoms with Gasteiger partial charge in [-0.3, -0.25) is 0 Å². The summed E-state index contributed by atoms with van der Waals surface area (Å²) in [6, 6.07) is 57.9. The zero-order valence-electron chi connectivity index (χ0n) is 30.1.